The monoisotopic (exact) mass is 323 g/mol. The molecule has 0 unspecified atom stereocenters. The van der Waals surface area contributed by atoms with Gasteiger partial charge in [-0.3, -0.25) is 0 Å². The molecule has 118 valence electrons. The summed E-state index contributed by atoms with van der Waals surface area (Å²) in [5.74, 6) is 2.16. The molecule has 0 atom stereocenters. The van der Waals surface area contributed by atoms with E-state index in [4.69, 9.17) is 21.1 Å². The quantitative estimate of drug-likeness (QED) is 0.911. The number of rotatable bonds is 5. The van der Waals surface area contributed by atoms with Gasteiger partial charge in [-0.1, -0.05) is 18.5 Å². The summed E-state index contributed by atoms with van der Waals surface area (Å²) in [6.07, 6.45) is 1.84. The normalized spacial score (nSPS) is 13.7. The molecule has 2 aromatic rings. The Morgan fingerprint density at radius 3 is 2.82 bits per heavy atom. The van der Waals surface area contributed by atoms with E-state index in [1.54, 1.807) is 10.7 Å². The van der Waals surface area contributed by atoms with Gasteiger partial charge in [0.1, 0.15) is 0 Å². The molecule has 0 radical (unpaired) electrons. The van der Waals surface area contributed by atoms with Crippen LogP contribution in [0.3, 0.4) is 0 Å². The van der Waals surface area contributed by atoms with Crippen molar-refractivity contribution in [3.05, 3.63) is 23.0 Å². The zero-order valence-corrected chi connectivity index (χ0v) is 13.1. The van der Waals surface area contributed by atoms with Gasteiger partial charge in [-0.25, -0.2) is 4.68 Å². The second-order valence-corrected chi connectivity index (χ2v) is 5.41. The molecule has 1 aliphatic rings. The Hall–Kier alpha value is -2.02. The largest absolute Gasteiger partial charge is 0.490 e. The molecule has 3 rings (SSSR count). The van der Waals surface area contributed by atoms with E-state index in [-0.39, 0.29) is 0 Å². The molecule has 0 spiro atoms. The highest BCUT2D eigenvalue weighted by Gasteiger charge is 2.14. The van der Waals surface area contributed by atoms with Gasteiger partial charge in [0.2, 0.25) is 0 Å². The van der Waals surface area contributed by atoms with Gasteiger partial charge in [-0.05, 0) is 16.8 Å². The second kappa shape index (κ2) is 6.83. The predicted molar refractivity (Wildman–Crippen MR) is 82.5 cm³/mol. The molecule has 1 N–H and O–H groups in total. The Bertz CT molecular complexity index is 646. The SMILES string of the molecule is CCCn1nnnc1CNc1cc2c(cc1Cl)OCCCO2. The number of halogens is 1. The molecule has 0 aliphatic carbocycles. The lowest BCUT2D eigenvalue weighted by molar-refractivity contribution is 0.297. The van der Waals surface area contributed by atoms with E-state index in [0.717, 1.165) is 30.9 Å². The molecule has 1 aromatic carbocycles. The van der Waals surface area contributed by atoms with Gasteiger partial charge in [-0.2, -0.15) is 0 Å². The molecule has 2 heterocycles. The van der Waals surface area contributed by atoms with Crippen molar-refractivity contribution in [1.82, 2.24) is 20.2 Å². The average Bonchev–Trinajstić information content (AvgIpc) is 2.82. The van der Waals surface area contributed by atoms with Crippen LogP contribution in [-0.4, -0.2) is 33.4 Å². The van der Waals surface area contributed by atoms with Crippen LogP contribution in [0, 0.1) is 0 Å². The number of fused-ring (bicyclic) bond motifs is 1. The minimum Gasteiger partial charge on any atom is -0.490 e. The zero-order chi connectivity index (χ0) is 15.4. The summed E-state index contributed by atoms with van der Waals surface area (Å²) in [6.45, 7) is 4.65. The highest BCUT2D eigenvalue weighted by Crippen LogP contribution is 2.37. The number of nitrogens with zero attached hydrogens (tertiary/aromatic N) is 4. The van der Waals surface area contributed by atoms with Crippen LogP contribution < -0.4 is 14.8 Å². The van der Waals surface area contributed by atoms with E-state index < -0.39 is 0 Å². The van der Waals surface area contributed by atoms with Crippen LogP contribution >= 0.6 is 11.6 Å². The van der Waals surface area contributed by atoms with Crippen molar-refractivity contribution in [2.24, 2.45) is 0 Å². The number of nitrogens with one attached hydrogen (secondary N) is 1. The number of hydrogen-bond acceptors (Lipinski definition) is 6. The van der Waals surface area contributed by atoms with Crippen molar-refractivity contribution in [2.45, 2.75) is 32.9 Å². The van der Waals surface area contributed by atoms with Crippen LogP contribution in [0.15, 0.2) is 12.1 Å². The molecule has 0 saturated heterocycles. The number of aryl methyl sites for hydroxylation is 1. The number of ether oxygens (including phenoxy) is 2. The van der Waals surface area contributed by atoms with Crippen LogP contribution in [0.25, 0.3) is 0 Å². The molecule has 7 nitrogen and oxygen atoms in total. The van der Waals surface area contributed by atoms with Gasteiger partial charge in [0.05, 0.1) is 30.5 Å². The molecule has 0 amide bonds. The first-order chi connectivity index (χ1) is 10.8. The van der Waals surface area contributed by atoms with Gasteiger partial charge in [0.25, 0.3) is 0 Å². The van der Waals surface area contributed by atoms with E-state index in [9.17, 15) is 0 Å². The van der Waals surface area contributed by atoms with Crippen LogP contribution in [0.4, 0.5) is 5.69 Å². The lowest BCUT2D eigenvalue weighted by Gasteiger charge is -2.13. The van der Waals surface area contributed by atoms with E-state index in [2.05, 4.69) is 27.8 Å². The van der Waals surface area contributed by atoms with Gasteiger partial charge in [-0.15, -0.1) is 5.10 Å². The van der Waals surface area contributed by atoms with Crippen LogP contribution in [0.2, 0.25) is 5.02 Å². The number of hydrogen-bond donors (Lipinski definition) is 1. The summed E-state index contributed by atoms with van der Waals surface area (Å²) in [4.78, 5) is 0. The molecule has 1 aliphatic heterocycles. The number of benzene rings is 1. The maximum Gasteiger partial charge on any atom is 0.170 e. The highest BCUT2D eigenvalue weighted by atomic mass is 35.5. The molecule has 0 bridgehead atoms. The van der Waals surface area contributed by atoms with E-state index in [0.29, 0.717) is 36.3 Å². The first-order valence-corrected chi connectivity index (χ1v) is 7.73. The Morgan fingerprint density at radius 2 is 2.05 bits per heavy atom. The molecule has 8 heteroatoms. The zero-order valence-electron chi connectivity index (χ0n) is 12.4. The predicted octanol–water partition coefficient (Wildman–Crippen LogP) is 2.51. The smallest absolute Gasteiger partial charge is 0.170 e. The fourth-order valence-corrected chi connectivity index (χ4v) is 2.45. The molecular weight excluding hydrogens is 306 g/mol. The Kier molecular flexibility index (Phi) is 4.62. The van der Waals surface area contributed by atoms with Crippen molar-refractivity contribution >= 4 is 17.3 Å². The van der Waals surface area contributed by atoms with Crippen molar-refractivity contribution < 1.29 is 9.47 Å². The average molecular weight is 324 g/mol. The maximum absolute atomic E-state index is 6.30. The summed E-state index contributed by atoms with van der Waals surface area (Å²) < 4.78 is 13.1. The molecule has 0 saturated carbocycles. The fourth-order valence-electron chi connectivity index (χ4n) is 2.23. The summed E-state index contributed by atoms with van der Waals surface area (Å²) >= 11 is 6.30. The van der Waals surface area contributed by atoms with Crippen LogP contribution in [-0.2, 0) is 13.1 Å². The number of anilines is 1. The van der Waals surface area contributed by atoms with E-state index >= 15 is 0 Å². The fraction of sp³-hybridized carbons (Fsp3) is 0.500. The minimum atomic E-state index is 0.492. The Labute approximate surface area is 133 Å². The van der Waals surface area contributed by atoms with Crippen molar-refractivity contribution in [2.75, 3.05) is 18.5 Å². The molecule has 0 fully saturated rings. The molecular formula is C14H18ClN5O2. The van der Waals surface area contributed by atoms with Gasteiger partial charge in [0.15, 0.2) is 17.3 Å². The van der Waals surface area contributed by atoms with Crippen molar-refractivity contribution in [1.29, 1.82) is 0 Å². The van der Waals surface area contributed by atoms with Crippen LogP contribution in [0.1, 0.15) is 25.6 Å². The summed E-state index contributed by atoms with van der Waals surface area (Å²) in [5, 5.41) is 15.5. The summed E-state index contributed by atoms with van der Waals surface area (Å²) in [5.41, 5.74) is 0.775. The van der Waals surface area contributed by atoms with Gasteiger partial charge < -0.3 is 14.8 Å². The number of tetrazole rings is 1. The Morgan fingerprint density at radius 1 is 1.27 bits per heavy atom. The Balaban J connectivity index is 1.75. The second-order valence-electron chi connectivity index (χ2n) is 5.00. The third kappa shape index (κ3) is 3.24. The third-order valence-electron chi connectivity index (χ3n) is 3.32. The lowest BCUT2D eigenvalue weighted by atomic mass is 10.2. The standard InChI is InChI=1S/C14H18ClN5O2/c1-2-4-20-14(17-18-19-20)9-16-11-8-13-12(7-10(11)15)21-5-3-6-22-13/h7-8,16H,2-6,9H2,1H3. The highest BCUT2D eigenvalue weighted by molar-refractivity contribution is 6.33. The minimum absolute atomic E-state index is 0.492. The maximum atomic E-state index is 6.30. The van der Waals surface area contributed by atoms with E-state index in [1.807, 2.05) is 6.07 Å². The third-order valence-corrected chi connectivity index (χ3v) is 3.63. The molecule has 1 aromatic heterocycles. The van der Waals surface area contributed by atoms with Crippen molar-refractivity contribution in [3.63, 3.8) is 0 Å². The van der Waals surface area contributed by atoms with Gasteiger partial charge in [0, 0.05) is 25.1 Å². The van der Waals surface area contributed by atoms with Crippen LogP contribution in [0.5, 0.6) is 11.5 Å². The van der Waals surface area contributed by atoms with Crippen molar-refractivity contribution in [3.8, 4) is 11.5 Å². The first kappa shape index (κ1) is 14.9. The lowest BCUT2D eigenvalue weighted by Crippen LogP contribution is -2.10. The topological polar surface area (TPSA) is 74.1 Å². The van der Waals surface area contributed by atoms with Gasteiger partial charge >= 0.3 is 0 Å². The summed E-state index contributed by atoms with van der Waals surface area (Å²) in [7, 11) is 0. The summed E-state index contributed by atoms with van der Waals surface area (Å²) in [6, 6.07) is 3.64. The first-order valence-electron chi connectivity index (χ1n) is 7.36. The van der Waals surface area contributed by atoms with E-state index in [1.165, 1.54) is 0 Å². The molecule has 22 heavy (non-hydrogen) atoms. The number of aromatic nitrogens is 4.